The highest BCUT2D eigenvalue weighted by molar-refractivity contribution is 6.31. The average Bonchev–Trinajstić information content (AvgIpc) is 2.69. The standard InChI is InChI=1S/C21H19ClN2O3/c1-3-10-24-21(25)17(13-23)11-15-8-9-19(20(12-15)26-2)27-14-16-6-4-5-7-18(16)22/h3-9,11-12H,1,10,14H2,2H3,(H,24,25)/b17-11+. The molecule has 2 aromatic rings. The minimum absolute atomic E-state index is 0.0105. The maximum atomic E-state index is 11.9. The lowest BCUT2D eigenvalue weighted by molar-refractivity contribution is -0.116. The van der Waals surface area contributed by atoms with Gasteiger partial charge in [-0.25, -0.2) is 0 Å². The van der Waals surface area contributed by atoms with Crippen LogP contribution in [0.25, 0.3) is 6.08 Å². The first-order valence-corrected chi connectivity index (χ1v) is 8.52. The van der Waals surface area contributed by atoms with Crippen molar-refractivity contribution in [3.8, 4) is 17.6 Å². The molecule has 0 aliphatic carbocycles. The van der Waals surface area contributed by atoms with E-state index in [0.29, 0.717) is 28.7 Å². The molecule has 0 heterocycles. The molecule has 0 aromatic heterocycles. The van der Waals surface area contributed by atoms with Crippen molar-refractivity contribution in [2.24, 2.45) is 0 Å². The third kappa shape index (κ3) is 5.63. The van der Waals surface area contributed by atoms with Gasteiger partial charge in [0.25, 0.3) is 5.91 Å². The minimum atomic E-state index is -0.463. The molecule has 0 unspecified atom stereocenters. The molecule has 1 amide bonds. The van der Waals surface area contributed by atoms with Crippen LogP contribution in [0.4, 0.5) is 0 Å². The molecular formula is C21H19ClN2O3. The molecule has 0 spiro atoms. The number of methoxy groups -OCH3 is 1. The van der Waals surface area contributed by atoms with Crippen molar-refractivity contribution in [3.05, 3.63) is 76.8 Å². The Morgan fingerprint density at radius 2 is 2.07 bits per heavy atom. The van der Waals surface area contributed by atoms with Gasteiger partial charge in [0.2, 0.25) is 0 Å². The van der Waals surface area contributed by atoms with E-state index in [9.17, 15) is 10.1 Å². The zero-order valence-electron chi connectivity index (χ0n) is 14.9. The highest BCUT2D eigenvalue weighted by Crippen LogP contribution is 2.30. The molecule has 2 rings (SSSR count). The monoisotopic (exact) mass is 382 g/mol. The molecule has 0 aliphatic rings. The van der Waals surface area contributed by atoms with E-state index < -0.39 is 5.91 Å². The molecule has 5 nitrogen and oxygen atoms in total. The van der Waals surface area contributed by atoms with E-state index in [-0.39, 0.29) is 12.1 Å². The molecule has 27 heavy (non-hydrogen) atoms. The van der Waals surface area contributed by atoms with E-state index in [1.165, 1.54) is 13.2 Å². The van der Waals surface area contributed by atoms with Gasteiger partial charge in [0.1, 0.15) is 18.2 Å². The topological polar surface area (TPSA) is 71.4 Å². The summed E-state index contributed by atoms with van der Waals surface area (Å²) in [5, 5.41) is 12.4. The van der Waals surface area contributed by atoms with E-state index >= 15 is 0 Å². The second-order valence-corrected chi connectivity index (χ2v) is 5.87. The van der Waals surface area contributed by atoms with Gasteiger partial charge in [-0.05, 0) is 29.8 Å². The van der Waals surface area contributed by atoms with Gasteiger partial charge in [0, 0.05) is 17.1 Å². The lowest BCUT2D eigenvalue weighted by Crippen LogP contribution is -2.24. The summed E-state index contributed by atoms with van der Waals surface area (Å²) in [4.78, 5) is 11.9. The molecule has 138 valence electrons. The van der Waals surface area contributed by atoms with Crippen LogP contribution in [0, 0.1) is 11.3 Å². The number of amides is 1. The fourth-order valence-corrected chi connectivity index (χ4v) is 2.43. The third-order valence-electron chi connectivity index (χ3n) is 3.61. The summed E-state index contributed by atoms with van der Waals surface area (Å²) in [6.45, 7) is 4.10. The molecule has 0 aliphatic heterocycles. The number of carbonyl (C=O) groups is 1. The normalized spacial score (nSPS) is 10.6. The maximum absolute atomic E-state index is 11.9. The van der Waals surface area contributed by atoms with Crippen molar-refractivity contribution in [1.29, 1.82) is 5.26 Å². The van der Waals surface area contributed by atoms with Gasteiger partial charge < -0.3 is 14.8 Å². The van der Waals surface area contributed by atoms with Crippen LogP contribution in [0.1, 0.15) is 11.1 Å². The Kier molecular flexibility index (Phi) is 7.48. The first-order valence-electron chi connectivity index (χ1n) is 8.14. The predicted octanol–water partition coefficient (Wildman–Crippen LogP) is 4.14. The van der Waals surface area contributed by atoms with Gasteiger partial charge >= 0.3 is 0 Å². The molecular weight excluding hydrogens is 364 g/mol. The highest BCUT2D eigenvalue weighted by Gasteiger charge is 2.10. The predicted molar refractivity (Wildman–Crippen MR) is 106 cm³/mol. The first-order chi connectivity index (χ1) is 13.1. The van der Waals surface area contributed by atoms with Crippen LogP contribution in [0.2, 0.25) is 5.02 Å². The van der Waals surface area contributed by atoms with Crippen molar-refractivity contribution >= 4 is 23.6 Å². The number of halogens is 1. The van der Waals surface area contributed by atoms with E-state index in [0.717, 1.165) is 5.56 Å². The van der Waals surface area contributed by atoms with E-state index in [1.54, 1.807) is 30.3 Å². The summed E-state index contributed by atoms with van der Waals surface area (Å²) >= 11 is 6.13. The Bertz CT molecular complexity index is 901. The Morgan fingerprint density at radius 3 is 2.74 bits per heavy atom. The molecule has 0 atom stereocenters. The first kappa shape index (κ1) is 20.1. The van der Waals surface area contributed by atoms with Crippen LogP contribution in [0.15, 0.2) is 60.7 Å². The fraction of sp³-hybridized carbons (Fsp3) is 0.143. The lowest BCUT2D eigenvalue weighted by Gasteiger charge is -2.12. The van der Waals surface area contributed by atoms with E-state index in [4.69, 9.17) is 21.1 Å². The fourth-order valence-electron chi connectivity index (χ4n) is 2.24. The SMILES string of the molecule is C=CCNC(=O)/C(C#N)=C/c1ccc(OCc2ccccc2Cl)c(OC)c1. The smallest absolute Gasteiger partial charge is 0.262 e. The summed E-state index contributed by atoms with van der Waals surface area (Å²) in [5.74, 6) is 0.555. The van der Waals surface area contributed by atoms with Crippen LogP contribution < -0.4 is 14.8 Å². The van der Waals surface area contributed by atoms with E-state index in [1.807, 2.05) is 24.3 Å². The van der Waals surface area contributed by atoms with Gasteiger partial charge in [-0.15, -0.1) is 6.58 Å². The quantitative estimate of drug-likeness (QED) is 0.423. The molecule has 0 radical (unpaired) electrons. The average molecular weight is 383 g/mol. The molecule has 1 N–H and O–H groups in total. The third-order valence-corrected chi connectivity index (χ3v) is 3.98. The van der Waals surface area contributed by atoms with Gasteiger partial charge in [-0.3, -0.25) is 4.79 Å². The summed E-state index contributed by atoms with van der Waals surface area (Å²) in [7, 11) is 1.52. The Morgan fingerprint density at radius 1 is 1.30 bits per heavy atom. The largest absolute Gasteiger partial charge is 0.493 e. The zero-order valence-corrected chi connectivity index (χ0v) is 15.6. The second-order valence-electron chi connectivity index (χ2n) is 5.46. The molecule has 2 aromatic carbocycles. The summed E-state index contributed by atoms with van der Waals surface area (Å²) < 4.78 is 11.2. The summed E-state index contributed by atoms with van der Waals surface area (Å²) in [6, 6.07) is 14.5. The number of nitrogens with one attached hydrogen (secondary N) is 1. The summed E-state index contributed by atoms with van der Waals surface area (Å²) in [5.41, 5.74) is 1.49. The number of hydrogen-bond acceptors (Lipinski definition) is 4. The van der Waals surface area contributed by atoms with Crippen molar-refractivity contribution < 1.29 is 14.3 Å². The van der Waals surface area contributed by atoms with Gasteiger partial charge in [0.05, 0.1) is 7.11 Å². The Balaban J connectivity index is 2.18. The van der Waals surface area contributed by atoms with Gasteiger partial charge in [-0.1, -0.05) is 41.9 Å². The van der Waals surface area contributed by atoms with E-state index in [2.05, 4.69) is 11.9 Å². The molecule has 6 heteroatoms. The van der Waals surface area contributed by atoms with Gasteiger partial charge in [0.15, 0.2) is 11.5 Å². The molecule has 0 fully saturated rings. The van der Waals surface area contributed by atoms with Crippen LogP contribution in [-0.4, -0.2) is 19.6 Å². The maximum Gasteiger partial charge on any atom is 0.262 e. The summed E-state index contributed by atoms with van der Waals surface area (Å²) in [6.07, 6.45) is 3.03. The van der Waals surface area contributed by atoms with Crippen molar-refractivity contribution in [3.63, 3.8) is 0 Å². The molecule has 0 saturated carbocycles. The van der Waals surface area contributed by atoms with Crippen LogP contribution in [0.5, 0.6) is 11.5 Å². The molecule has 0 bridgehead atoms. The van der Waals surface area contributed by atoms with Crippen molar-refractivity contribution in [2.75, 3.05) is 13.7 Å². The number of nitriles is 1. The Hall–Kier alpha value is -3.23. The zero-order chi connectivity index (χ0) is 19.6. The molecule has 0 saturated heterocycles. The van der Waals surface area contributed by atoms with Crippen molar-refractivity contribution in [1.82, 2.24) is 5.32 Å². The number of nitrogens with zero attached hydrogens (tertiary/aromatic N) is 1. The minimum Gasteiger partial charge on any atom is -0.493 e. The second kappa shape index (κ2) is 10.0. The number of hydrogen-bond donors (Lipinski definition) is 1. The highest BCUT2D eigenvalue weighted by atomic mass is 35.5. The number of benzene rings is 2. The van der Waals surface area contributed by atoms with Crippen molar-refractivity contribution in [2.45, 2.75) is 6.61 Å². The van der Waals surface area contributed by atoms with Crippen LogP contribution in [-0.2, 0) is 11.4 Å². The van der Waals surface area contributed by atoms with Gasteiger partial charge in [-0.2, -0.15) is 5.26 Å². The number of carbonyl (C=O) groups excluding carboxylic acids is 1. The number of ether oxygens (including phenoxy) is 2. The van der Waals surface area contributed by atoms with Crippen LogP contribution in [0.3, 0.4) is 0 Å². The lowest BCUT2D eigenvalue weighted by atomic mass is 10.1. The Labute approximate surface area is 163 Å². The van der Waals surface area contributed by atoms with Crippen LogP contribution >= 0.6 is 11.6 Å². The number of rotatable bonds is 8.